The molecule has 1 fully saturated rings. The van der Waals surface area contributed by atoms with Gasteiger partial charge < -0.3 is 10.4 Å². The Morgan fingerprint density at radius 3 is 2.58 bits per heavy atom. The van der Waals surface area contributed by atoms with E-state index in [1.807, 2.05) is 0 Å². The Hall–Kier alpha value is -0.570. The van der Waals surface area contributed by atoms with Gasteiger partial charge in [-0.3, -0.25) is 4.79 Å². The van der Waals surface area contributed by atoms with Gasteiger partial charge in [-0.05, 0) is 31.7 Å². The van der Waals surface area contributed by atoms with Crippen LogP contribution in [0.1, 0.15) is 33.1 Å². The Bertz CT molecular complexity index is 117. The lowest BCUT2D eigenvalue weighted by Gasteiger charge is -2.26. The SMILES string of the molecule is CC[C@@H]1C[C@H](C)CCN1.O=CO. The van der Waals surface area contributed by atoms with Crippen LogP contribution in [0.15, 0.2) is 0 Å². The van der Waals surface area contributed by atoms with Crippen molar-refractivity contribution in [2.75, 3.05) is 6.54 Å². The van der Waals surface area contributed by atoms with Crippen LogP contribution in [-0.2, 0) is 4.79 Å². The normalized spacial score (nSPS) is 28.5. The van der Waals surface area contributed by atoms with Crippen molar-refractivity contribution in [3.63, 3.8) is 0 Å². The average Bonchev–Trinajstić information content (AvgIpc) is 2.06. The summed E-state index contributed by atoms with van der Waals surface area (Å²) >= 11 is 0. The monoisotopic (exact) mass is 173 g/mol. The molecule has 12 heavy (non-hydrogen) atoms. The Morgan fingerprint density at radius 2 is 2.25 bits per heavy atom. The van der Waals surface area contributed by atoms with Crippen molar-refractivity contribution in [1.82, 2.24) is 5.32 Å². The van der Waals surface area contributed by atoms with Crippen LogP contribution < -0.4 is 5.32 Å². The minimum Gasteiger partial charge on any atom is -0.483 e. The summed E-state index contributed by atoms with van der Waals surface area (Å²) in [5.41, 5.74) is 0. The molecule has 0 saturated carbocycles. The van der Waals surface area contributed by atoms with Crippen LogP contribution >= 0.6 is 0 Å². The molecule has 0 aromatic rings. The Balaban J connectivity index is 0.000000354. The third-order valence-corrected chi connectivity index (χ3v) is 2.25. The predicted molar refractivity (Wildman–Crippen MR) is 49.2 cm³/mol. The molecule has 0 aliphatic carbocycles. The molecular formula is C9H19NO2. The van der Waals surface area contributed by atoms with E-state index in [2.05, 4.69) is 19.2 Å². The molecule has 1 rings (SSSR count). The summed E-state index contributed by atoms with van der Waals surface area (Å²) in [5.74, 6) is 0.955. The van der Waals surface area contributed by atoms with Crippen molar-refractivity contribution < 1.29 is 9.90 Å². The van der Waals surface area contributed by atoms with Crippen molar-refractivity contribution in [3.05, 3.63) is 0 Å². The van der Waals surface area contributed by atoms with E-state index in [9.17, 15) is 0 Å². The van der Waals surface area contributed by atoms with E-state index < -0.39 is 0 Å². The van der Waals surface area contributed by atoms with Crippen molar-refractivity contribution in [3.8, 4) is 0 Å². The van der Waals surface area contributed by atoms with Gasteiger partial charge in [-0.1, -0.05) is 13.8 Å². The second-order valence-electron chi connectivity index (χ2n) is 3.29. The predicted octanol–water partition coefficient (Wildman–Crippen LogP) is 1.49. The molecule has 0 aromatic carbocycles. The van der Waals surface area contributed by atoms with Crippen LogP contribution in [0.2, 0.25) is 0 Å². The first-order valence-corrected chi connectivity index (χ1v) is 4.55. The zero-order valence-corrected chi connectivity index (χ0v) is 7.92. The van der Waals surface area contributed by atoms with Gasteiger partial charge in [0.15, 0.2) is 0 Å². The maximum Gasteiger partial charge on any atom is 0.290 e. The Kier molecular flexibility index (Phi) is 6.76. The maximum atomic E-state index is 8.36. The molecule has 2 N–H and O–H groups in total. The number of hydrogen-bond acceptors (Lipinski definition) is 2. The number of piperidine rings is 1. The molecule has 0 unspecified atom stereocenters. The van der Waals surface area contributed by atoms with E-state index in [1.54, 1.807) is 0 Å². The third-order valence-electron chi connectivity index (χ3n) is 2.25. The zero-order chi connectivity index (χ0) is 9.40. The largest absolute Gasteiger partial charge is 0.483 e. The second-order valence-corrected chi connectivity index (χ2v) is 3.29. The van der Waals surface area contributed by atoms with Crippen molar-refractivity contribution in [2.24, 2.45) is 5.92 Å². The topological polar surface area (TPSA) is 49.3 Å². The summed E-state index contributed by atoms with van der Waals surface area (Å²) < 4.78 is 0. The van der Waals surface area contributed by atoms with Gasteiger partial charge in [0.05, 0.1) is 0 Å². The fourth-order valence-electron chi connectivity index (χ4n) is 1.53. The number of carboxylic acid groups (broad SMARTS) is 1. The number of hydrogen-bond donors (Lipinski definition) is 2. The summed E-state index contributed by atoms with van der Waals surface area (Å²) in [7, 11) is 0. The van der Waals surface area contributed by atoms with Crippen LogP contribution in [0.3, 0.4) is 0 Å². The first kappa shape index (κ1) is 11.4. The van der Waals surface area contributed by atoms with E-state index in [-0.39, 0.29) is 6.47 Å². The van der Waals surface area contributed by atoms with Crippen LogP contribution in [-0.4, -0.2) is 24.2 Å². The van der Waals surface area contributed by atoms with Crippen LogP contribution in [0, 0.1) is 5.92 Å². The molecule has 3 nitrogen and oxygen atoms in total. The summed E-state index contributed by atoms with van der Waals surface area (Å²) in [6.07, 6.45) is 4.05. The van der Waals surface area contributed by atoms with Crippen molar-refractivity contribution in [1.29, 1.82) is 0 Å². The number of carbonyl (C=O) groups is 1. The molecule has 0 aromatic heterocycles. The zero-order valence-electron chi connectivity index (χ0n) is 7.92. The van der Waals surface area contributed by atoms with Crippen LogP contribution in [0.5, 0.6) is 0 Å². The smallest absolute Gasteiger partial charge is 0.290 e. The average molecular weight is 173 g/mol. The lowest BCUT2D eigenvalue weighted by Crippen LogP contribution is -2.36. The highest BCUT2D eigenvalue weighted by molar-refractivity contribution is 5.32. The van der Waals surface area contributed by atoms with Gasteiger partial charge in [0, 0.05) is 6.04 Å². The van der Waals surface area contributed by atoms with E-state index >= 15 is 0 Å². The fraction of sp³-hybridized carbons (Fsp3) is 0.889. The molecule has 3 heteroatoms. The van der Waals surface area contributed by atoms with Gasteiger partial charge in [-0.25, -0.2) is 0 Å². The summed E-state index contributed by atoms with van der Waals surface area (Å²) in [4.78, 5) is 8.36. The quantitative estimate of drug-likeness (QED) is 0.590. The van der Waals surface area contributed by atoms with Gasteiger partial charge in [-0.2, -0.15) is 0 Å². The molecule has 72 valence electrons. The molecule has 2 atom stereocenters. The summed E-state index contributed by atoms with van der Waals surface area (Å²) in [6.45, 7) is 5.60. The highest BCUT2D eigenvalue weighted by atomic mass is 16.3. The van der Waals surface area contributed by atoms with E-state index in [1.165, 1.54) is 25.8 Å². The van der Waals surface area contributed by atoms with Gasteiger partial charge in [-0.15, -0.1) is 0 Å². The van der Waals surface area contributed by atoms with Gasteiger partial charge in [0.1, 0.15) is 0 Å². The van der Waals surface area contributed by atoms with E-state index in [0.29, 0.717) is 0 Å². The third kappa shape index (κ3) is 5.13. The lowest BCUT2D eigenvalue weighted by atomic mass is 9.93. The lowest BCUT2D eigenvalue weighted by molar-refractivity contribution is -0.122. The van der Waals surface area contributed by atoms with E-state index in [0.717, 1.165) is 12.0 Å². The minimum absolute atomic E-state index is 0.250. The molecular weight excluding hydrogens is 154 g/mol. The van der Waals surface area contributed by atoms with Crippen LogP contribution in [0.25, 0.3) is 0 Å². The van der Waals surface area contributed by atoms with Crippen LogP contribution in [0.4, 0.5) is 0 Å². The molecule has 1 aliphatic heterocycles. The molecule has 1 saturated heterocycles. The van der Waals surface area contributed by atoms with Gasteiger partial charge >= 0.3 is 0 Å². The molecule has 0 amide bonds. The molecule has 0 radical (unpaired) electrons. The standard InChI is InChI=1S/C8H17N.CH2O2/c1-3-8-6-7(2)4-5-9-8;2-1-3/h7-9H,3-6H2,1-2H3;1H,(H,2,3)/t7-,8-;/m1./s1. The minimum atomic E-state index is -0.250. The molecule has 1 aliphatic rings. The van der Waals surface area contributed by atoms with Gasteiger partial charge in [0.25, 0.3) is 6.47 Å². The summed E-state index contributed by atoms with van der Waals surface area (Å²) in [6, 6.07) is 0.814. The summed E-state index contributed by atoms with van der Waals surface area (Å²) in [5, 5.41) is 10.4. The highest BCUT2D eigenvalue weighted by Gasteiger charge is 2.15. The van der Waals surface area contributed by atoms with E-state index in [4.69, 9.17) is 9.90 Å². The Morgan fingerprint density at radius 1 is 1.67 bits per heavy atom. The molecule has 0 bridgehead atoms. The first-order chi connectivity index (χ1) is 5.74. The van der Waals surface area contributed by atoms with Gasteiger partial charge in [0.2, 0.25) is 0 Å². The van der Waals surface area contributed by atoms with Crippen molar-refractivity contribution >= 4 is 6.47 Å². The fourth-order valence-corrected chi connectivity index (χ4v) is 1.53. The molecule has 0 spiro atoms. The molecule has 1 heterocycles. The number of nitrogens with one attached hydrogen (secondary N) is 1. The van der Waals surface area contributed by atoms with Crippen molar-refractivity contribution in [2.45, 2.75) is 39.2 Å². The Labute approximate surface area is 74.2 Å². The number of rotatable bonds is 1. The highest BCUT2D eigenvalue weighted by Crippen LogP contribution is 2.16. The second kappa shape index (κ2) is 7.10. The first-order valence-electron chi connectivity index (χ1n) is 4.55. The maximum absolute atomic E-state index is 8.36.